The maximum Gasteiger partial charge on any atom is 0.254 e. The zero-order valence-corrected chi connectivity index (χ0v) is 17.5. The number of amides is 1. The van der Waals surface area contributed by atoms with Crippen LogP contribution in [-0.2, 0) is 13.1 Å². The minimum absolute atomic E-state index is 0.00134. The number of hydrogen-bond donors (Lipinski definition) is 0. The van der Waals surface area contributed by atoms with Crippen molar-refractivity contribution in [3.05, 3.63) is 93.7 Å². The molecule has 0 aliphatic carbocycles. The van der Waals surface area contributed by atoms with Gasteiger partial charge in [0.05, 0.1) is 6.54 Å². The van der Waals surface area contributed by atoms with Crippen molar-refractivity contribution in [2.75, 3.05) is 6.54 Å². The molecule has 5 heteroatoms. The minimum Gasteiger partial charge on any atom is -0.345 e. The smallest absolute Gasteiger partial charge is 0.254 e. The Bertz CT molecular complexity index is 936. The minimum atomic E-state index is 0.00134. The molecule has 3 rings (SSSR count). The van der Waals surface area contributed by atoms with Crippen LogP contribution >= 0.6 is 23.2 Å². The first-order valence-electron chi connectivity index (χ1n) is 9.50. The van der Waals surface area contributed by atoms with Crippen molar-refractivity contribution in [2.24, 2.45) is 0 Å². The molecule has 0 bridgehead atoms. The quantitative estimate of drug-likeness (QED) is 0.425. The molecule has 0 saturated heterocycles. The maximum atomic E-state index is 13.1. The van der Waals surface area contributed by atoms with Gasteiger partial charge in [-0.15, -0.1) is 0 Å². The first kappa shape index (κ1) is 20.5. The van der Waals surface area contributed by atoms with Crippen LogP contribution in [0.25, 0.3) is 0 Å². The lowest BCUT2D eigenvalue weighted by molar-refractivity contribution is 0.0737. The van der Waals surface area contributed by atoms with E-state index in [-0.39, 0.29) is 5.91 Å². The van der Waals surface area contributed by atoms with Crippen molar-refractivity contribution >= 4 is 29.1 Å². The number of rotatable bonds is 8. The normalized spacial score (nSPS) is 10.8. The van der Waals surface area contributed by atoms with Crippen molar-refractivity contribution in [2.45, 2.75) is 32.9 Å². The number of unbranched alkanes of at least 4 members (excludes halogenated alkanes) is 1. The molecule has 0 radical (unpaired) electrons. The van der Waals surface area contributed by atoms with Crippen molar-refractivity contribution in [1.29, 1.82) is 0 Å². The van der Waals surface area contributed by atoms with Gasteiger partial charge in [-0.2, -0.15) is 0 Å². The van der Waals surface area contributed by atoms with Crippen molar-refractivity contribution < 1.29 is 4.79 Å². The van der Waals surface area contributed by atoms with Crippen LogP contribution in [-0.4, -0.2) is 21.9 Å². The molecule has 0 saturated carbocycles. The van der Waals surface area contributed by atoms with Gasteiger partial charge < -0.3 is 9.47 Å². The molecule has 0 unspecified atom stereocenters. The summed E-state index contributed by atoms with van der Waals surface area (Å²) in [6.45, 7) is 4.05. The molecule has 1 heterocycles. The predicted octanol–water partition coefficient (Wildman–Crippen LogP) is 6.29. The fourth-order valence-corrected chi connectivity index (χ4v) is 3.54. The van der Waals surface area contributed by atoms with Crippen LogP contribution in [0.1, 0.15) is 41.4 Å². The van der Waals surface area contributed by atoms with E-state index in [0.29, 0.717) is 30.2 Å². The Labute approximate surface area is 176 Å². The Morgan fingerprint density at radius 3 is 2.61 bits per heavy atom. The molecule has 0 aliphatic heterocycles. The summed E-state index contributed by atoms with van der Waals surface area (Å²) in [6, 6.07) is 19.0. The standard InChI is InChI=1S/C23H24Cl2N2O/c1-2-3-13-27(23(28)18-9-6-10-20(24)15-18)17-21-11-7-14-26(21)16-19-8-4-5-12-22(19)25/h4-12,14-15H,2-3,13,16-17H2,1H3. The van der Waals surface area contributed by atoms with Gasteiger partial charge in [0.25, 0.3) is 5.91 Å². The molecule has 0 fully saturated rings. The average molecular weight is 415 g/mol. The predicted molar refractivity (Wildman–Crippen MR) is 116 cm³/mol. The molecule has 2 aromatic carbocycles. The molecular weight excluding hydrogens is 391 g/mol. The SMILES string of the molecule is CCCCN(Cc1cccn1Cc1ccccc1Cl)C(=O)c1cccc(Cl)c1. The Morgan fingerprint density at radius 2 is 1.86 bits per heavy atom. The number of nitrogens with zero attached hydrogens (tertiary/aromatic N) is 2. The van der Waals surface area contributed by atoms with Gasteiger partial charge in [0.15, 0.2) is 0 Å². The molecule has 0 aliphatic rings. The molecule has 0 atom stereocenters. The van der Waals surface area contributed by atoms with Crippen molar-refractivity contribution in [3.8, 4) is 0 Å². The Balaban J connectivity index is 1.81. The number of aromatic nitrogens is 1. The van der Waals surface area contributed by atoms with Gasteiger partial charge >= 0.3 is 0 Å². The summed E-state index contributed by atoms with van der Waals surface area (Å²) in [5, 5.41) is 1.32. The van der Waals surface area contributed by atoms with E-state index in [4.69, 9.17) is 23.2 Å². The van der Waals surface area contributed by atoms with Gasteiger partial charge in [0.1, 0.15) is 0 Å². The van der Waals surface area contributed by atoms with Crippen LogP contribution in [0.4, 0.5) is 0 Å². The van der Waals surface area contributed by atoms with Crippen LogP contribution < -0.4 is 0 Å². The van der Waals surface area contributed by atoms with E-state index in [1.807, 2.05) is 53.6 Å². The fourth-order valence-electron chi connectivity index (χ4n) is 3.16. The number of carbonyl (C=O) groups is 1. The molecule has 3 nitrogen and oxygen atoms in total. The second-order valence-electron chi connectivity index (χ2n) is 6.81. The monoisotopic (exact) mass is 414 g/mol. The summed E-state index contributed by atoms with van der Waals surface area (Å²) in [6.07, 6.45) is 4.01. The van der Waals surface area contributed by atoms with E-state index in [1.54, 1.807) is 12.1 Å². The third-order valence-electron chi connectivity index (χ3n) is 4.72. The molecule has 1 aromatic heterocycles. The maximum absolute atomic E-state index is 13.1. The molecule has 3 aromatic rings. The summed E-state index contributed by atoms with van der Waals surface area (Å²) in [5.74, 6) is 0.00134. The van der Waals surface area contributed by atoms with Gasteiger partial charge in [-0.1, -0.05) is 60.8 Å². The van der Waals surface area contributed by atoms with Crippen LogP contribution in [0.15, 0.2) is 66.9 Å². The lowest BCUT2D eigenvalue weighted by Gasteiger charge is -2.24. The Morgan fingerprint density at radius 1 is 1.04 bits per heavy atom. The third kappa shape index (κ3) is 5.18. The highest BCUT2D eigenvalue weighted by atomic mass is 35.5. The summed E-state index contributed by atoms with van der Waals surface area (Å²) in [4.78, 5) is 15.0. The molecule has 0 spiro atoms. The molecular formula is C23H24Cl2N2O. The van der Waals surface area contributed by atoms with Crippen LogP contribution in [0.5, 0.6) is 0 Å². The molecule has 1 amide bonds. The molecule has 28 heavy (non-hydrogen) atoms. The highest BCUT2D eigenvalue weighted by molar-refractivity contribution is 6.31. The average Bonchev–Trinajstić information content (AvgIpc) is 3.13. The largest absolute Gasteiger partial charge is 0.345 e. The topological polar surface area (TPSA) is 25.2 Å². The van der Waals surface area contributed by atoms with Crippen LogP contribution in [0, 0.1) is 0 Å². The molecule has 0 N–H and O–H groups in total. The fraction of sp³-hybridized carbons (Fsp3) is 0.261. The first-order valence-corrected chi connectivity index (χ1v) is 10.3. The van der Waals surface area contributed by atoms with Gasteiger partial charge in [0, 0.05) is 40.6 Å². The molecule has 146 valence electrons. The summed E-state index contributed by atoms with van der Waals surface area (Å²) in [5.41, 5.74) is 2.75. The van der Waals surface area contributed by atoms with E-state index in [0.717, 1.165) is 29.1 Å². The summed E-state index contributed by atoms with van der Waals surface area (Å²) >= 11 is 12.4. The lowest BCUT2D eigenvalue weighted by atomic mass is 10.1. The summed E-state index contributed by atoms with van der Waals surface area (Å²) < 4.78 is 2.14. The second-order valence-corrected chi connectivity index (χ2v) is 7.65. The van der Waals surface area contributed by atoms with Crippen LogP contribution in [0.3, 0.4) is 0 Å². The highest BCUT2D eigenvalue weighted by Crippen LogP contribution is 2.19. The van der Waals surface area contributed by atoms with E-state index < -0.39 is 0 Å². The number of hydrogen-bond acceptors (Lipinski definition) is 1. The van der Waals surface area contributed by atoms with E-state index in [1.165, 1.54) is 0 Å². The van der Waals surface area contributed by atoms with Crippen LogP contribution in [0.2, 0.25) is 10.0 Å². The zero-order valence-electron chi connectivity index (χ0n) is 15.9. The summed E-state index contributed by atoms with van der Waals surface area (Å²) in [7, 11) is 0. The van der Waals surface area contributed by atoms with E-state index in [9.17, 15) is 4.79 Å². The van der Waals surface area contributed by atoms with E-state index in [2.05, 4.69) is 17.6 Å². The first-order chi connectivity index (χ1) is 13.6. The van der Waals surface area contributed by atoms with Crippen molar-refractivity contribution in [3.63, 3.8) is 0 Å². The second kappa shape index (κ2) is 9.81. The number of carbonyl (C=O) groups excluding carboxylic acids is 1. The Kier molecular flexibility index (Phi) is 7.18. The van der Waals surface area contributed by atoms with Gasteiger partial charge in [-0.05, 0) is 48.4 Å². The number of halogens is 2. The van der Waals surface area contributed by atoms with Crippen molar-refractivity contribution in [1.82, 2.24) is 9.47 Å². The van der Waals surface area contributed by atoms with Gasteiger partial charge in [0.2, 0.25) is 0 Å². The zero-order chi connectivity index (χ0) is 19.9. The van der Waals surface area contributed by atoms with Gasteiger partial charge in [-0.3, -0.25) is 4.79 Å². The third-order valence-corrected chi connectivity index (χ3v) is 5.32. The lowest BCUT2D eigenvalue weighted by Crippen LogP contribution is -2.32. The highest BCUT2D eigenvalue weighted by Gasteiger charge is 2.18. The van der Waals surface area contributed by atoms with E-state index >= 15 is 0 Å². The van der Waals surface area contributed by atoms with Gasteiger partial charge in [-0.25, -0.2) is 0 Å². The number of benzene rings is 2. The Hall–Kier alpha value is -2.23.